The van der Waals surface area contributed by atoms with Gasteiger partial charge in [-0.1, -0.05) is 39.0 Å². The van der Waals surface area contributed by atoms with Crippen LogP contribution in [-0.2, 0) is 0 Å². The van der Waals surface area contributed by atoms with E-state index in [0.29, 0.717) is 11.8 Å². The zero-order valence-corrected chi connectivity index (χ0v) is 12.6. The summed E-state index contributed by atoms with van der Waals surface area (Å²) in [4.78, 5) is 4.61. The molecule has 0 aliphatic heterocycles. The number of nitrogens with zero attached hydrogens (tertiary/aromatic N) is 1. The zero-order valence-electron chi connectivity index (χ0n) is 11.8. The van der Waals surface area contributed by atoms with Gasteiger partial charge in [-0.15, -0.1) is 11.3 Å². The lowest BCUT2D eigenvalue weighted by atomic mass is 9.86. The van der Waals surface area contributed by atoms with E-state index in [1.807, 2.05) is 0 Å². The Labute approximate surface area is 114 Å². The van der Waals surface area contributed by atoms with E-state index >= 15 is 0 Å². The summed E-state index contributed by atoms with van der Waals surface area (Å²) in [6, 6.07) is 6.60. The van der Waals surface area contributed by atoms with Gasteiger partial charge in [0.05, 0.1) is 0 Å². The molecule has 0 N–H and O–H groups in total. The molecule has 96 valence electrons. The Kier molecular flexibility index (Phi) is 3.86. The van der Waals surface area contributed by atoms with Crippen molar-refractivity contribution in [2.24, 2.45) is 5.92 Å². The Morgan fingerprint density at radius 1 is 1.11 bits per heavy atom. The van der Waals surface area contributed by atoms with E-state index in [1.165, 1.54) is 16.7 Å². The van der Waals surface area contributed by atoms with Crippen molar-refractivity contribution in [1.82, 2.24) is 4.98 Å². The Balaban J connectivity index is 2.48. The van der Waals surface area contributed by atoms with Gasteiger partial charge in [0.15, 0.2) is 0 Å². The van der Waals surface area contributed by atoms with Crippen LogP contribution in [0, 0.1) is 19.8 Å². The molecule has 2 rings (SSSR count). The molecule has 1 nitrogen and oxygen atoms in total. The molecule has 0 saturated heterocycles. The Morgan fingerprint density at radius 2 is 1.83 bits per heavy atom. The van der Waals surface area contributed by atoms with E-state index in [-0.39, 0.29) is 0 Å². The minimum Gasteiger partial charge on any atom is -0.241 e. The van der Waals surface area contributed by atoms with Crippen molar-refractivity contribution >= 4 is 11.3 Å². The second-order valence-electron chi connectivity index (χ2n) is 5.35. The van der Waals surface area contributed by atoms with Gasteiger partial charge in [-0.3, -0.25) is 0 Å². The van der Waals surface area contributed by atoms with Crippen LogP contribution in [0.3, 0.4) is 0 Å². The first-order valence-electron chi connectivity index (χ1n) is 6.52. The molecule has 1 aromatic heterocycles. The fraction of sp³-hybridized carbons (Fsp3) is 0.438. The maximum absolute atomic E-state index is 4.61. The van der Waals surface area contributed by atoms with Gasteiger partial charge in [-0.25, -0.2) is 4.98 Å². The van der Waals surface area contributed by atoms with Crippen LogP contribution in [0.2, 0.25) is 0 Å². The minimum atomic E-state index is 0.589. The summed E-state index contributed by atoms with van der Waals surface area (Å²) < 4.78 is 0. The summed E-state index contributed by atoms with van der Waals surface area (Å²) in [5.41, 5.74) is 5.23. The largest absolute Gasteiger partial charge is 0.241 e. The van der Waals surface area contributed by atoms with E-state index in [0.717, 1.165) is 10.7 Å². The van der Waals surface area contributed by atoms with Crippen LogP contribution in [0.15, 0.2) is 23.6 Å². The lowest BCUT2D eigenvalue weighted by Gasteiger charge is -2.19. The molecule has 0 bridgehead atoms. The molecular formula is C16H21NS. The SMILES string of the molecule is Cc1csc(-c2cccc(C(C)C(C)C)c2C)n1. The van der Waals surface area contributed by atoms with E-state index in [2.05, 4.69) is 63.2 Å². The molecule has 0 aliphatic carbocycles. The lowest BCUT2D eigenvalue weighted by Crippen LogP contribution is -2.04. The highest BCUT2D eigenvalue weighted by Gasteiger charge is 2.15. The van der Waals surface area contributed by atoms with E-state index in [1.54, 1.807) is 11.3 Å². The number of aryl methyl sites for hydroxylation is 1. The molecule has 1 unspecified atom stereocenters. The molecule has 2 heteroatoms. The van der Waals surface area contributed by atoms with Crippen LogP contribution in [0.5, 0.6) is 0 Å². The molecule has 1 heterocycles. The van der Waals surface area contributed by atoms with Gasteiger partial charge >= 0.3 is 0 Å². The monoisotopic (exact) mass is 259 g/mol. The maximum atomic E-state index is 4.61. The quantitative estimate of drug-likeness (QED) is 0.739. The fourth-order valence-electron chi connectivity index (χ4n) is 2.22. The van der Waals surface area contributed by atoms with Gasteiger partial charge < -0.3 is 0 Å². The Morgan fingerprint density at radius 3 is 2.39 bits per heavy atom. The van der Waals surface area contributed by atoms with E-state index in [9.17, 15) is 0 Å². The van der Waals surface area contributed by atoms with Crippen molar-refractivity contribution in [3.8, 4) is 10.6 Å². The standard InChI is InChI=1S/C16H21NS/c1-10(2)12(4)14-7-6-8-15(13(14)5)16-17-11(3)9-18-16/h6-10,12H,1-5H3. The van der Waals surface area contributed by atoms with Gasteiger partial charge in [0.1, 0.15) is 5.01 Å². The van der Waals surface area contributed by atoms with Crippen LogP contribution < -0.4 is 0 Å². The maximum Gasteiger partial charge on any atom is 0.123 e. The van der Waals surface area contributed by atoms with Crippen molar-refractivity contribution in [1.29, 1.82) is 0 Å². The molecule has 0 spiro atoms. The summed E-state index contributed by atoms with van der Waals surface area (Å²) >= 11 is 1.73. The van der Waals surface area contributed by atoms with Gasteiger partial charge in [-0.05, 0) is 36.8 Å². The summed E-state index contributed by atoms with van der Waals surface area (Å²) in [5.74, 6) is 1.25. The third kappa shape index (κ3) is 2.49. The molecule has 0 saturated carbocycles. The highest BCUT2D eigenvalue weighted by Crippen LogP contribution is 2.33. The topological polar surface area (TPSA) is 12.9 Å². The molecule has 1 atom stereocenters. The normalized spacial score (nSPS) is 13.0. The van der Waals surface area contributed by atoms with Crippen molar-refractivity contribution < 1.29 is 0 Å². The number of aromatic nitrogens is 1. The Bertz CT molecular complexity index is 540. The first-order chi connectivity index (χ1) is 8.50. The van der Waals surface area contributed by atoms with Crippen molar-refractivity contribution in [3.63, 3.8) is 0 Å². The van der Waals surface area contributed by atoms with Gasteiger partial charge in [0, 0.05) is 16.6 Å². The lowest BCUT2D eigenvalue weighted by molar-refractivity contribution is 0.533. The molecule has 0 amide bonds. The molecule has 18 heavy (non-hydrogen) atoms. The highest BCUT2D eigenvalue weighted by molar-refractivity contribution is 7.13. The van der Waals surface area contributed by atoms with Crippen molar-refractivity contribution in [3.05, 3.63) is 40.4 Å². The van der Waals surface area contributed by atoms with Gasteiger partial charge in [0.2, 0.25) is 0 Å². The summed E-state index contributed by atoms with van der Waals surface area (Å²) in [7, 11) is 0. The number of hydrogen-bond acceptors (Lipinski definition) is 2. The van der Waals surface area contributed by atoms with E-state index < -0.39 is 0 Å². The number of benzene rings is 1. The van der Waals surface area contributed by atoms with Crippen LogP contribution in [0.25, 0.3) is 10.6 Å². The summed E-state index contributed by atoms with van der Waals surface area (Å²) in [6.45, 7) is 11.1. The zero-order chi connectivity index (χ0) is 13.3. The minimum absolute atomic E-state index is 0.589. The molecular weight excluding hydrogens is 238 g/mol. The predicted octanol–water partition coefficient (Wildman–Crippen LogP) is 5.19. The first-order valence-corrected chi connectivity index (χ1v) is 7.40. The number of rotatable bonds is 3. The predicted molar refractivity (Wildman–Crippen MR) is 80.3 cm³/mol. The summed E-state index contributed by atoms with van der Waals surface area (Å²) in [5, 5.41) is 3.26. The smallest absolute Gasteiger partial charge is 0.123 e. The number of thiazole rings is 1. The molecule has 2 aromatic rings. The average Bonchev–Trinajstić information content (AvgIpc) is 2.75. The van der Waals surface area contributed by atoms with Gasteiger partial charge in [0.25, 0.3) is 0 Å². The van der Waals surface area contributed by atoms with Crippen molar-refractivity contribution in [2.45, 2.75) is 40.5 Å². The molecule has 0 aliphatic rings. The van der Waals surface area contributed by atoms with Gasteiger partial charge in [-0.2, -0.15) is 0 Å². The molecule has 1 aromatic carbocycles. The third-order valence-corrected chi connectivity index (χ3v) is 4.71. The van der Waals surface area contributed by atoms with Crippen LogP contribution in [0.1, 0.15) is 43.5 Å². The van der Waals surface area contributed by atoms with Crippen LogP contribution in [0.4, 0.5) is 0 Å². The molecule has 0 fully saturated rings. The van der Waals surface area contributed by atoms with Crippen molar-refractivity contribution in [2.75, 3.05) is 0 Å². The second kappa shape index (κ2) is 5.23. The van der Waals surface area contributed by atoms with Crippen LogP contribution in [-0.4, -0.2) is 4.98 Å². The number of hydrogen-bond donors (Lipinski definition) is 0. The summed E-state index contributed by atoms with van der Waals surface area (Å²) in [6.07, 6.45) is 0. The fourth-order valence-corrected chi connectivity index (χ4v) is 3.09. The van der Waals surface area contributed by atoms with E-state index in [4.69, 9.17) is 0 Å². The van der Waals surface area contributed by atoms with Crippen LogP contribution >= 0.6 is 11.3 Å². The highest BCUT2D eigenvalue weighted by atomic mass is 32.1. The Hall–Kier alpha value is -1.15. The average molecular weight is 259 g/mol. The first kappa shape index (κ1) is 13.3. The molecule has 0 radical (unpaired) electrons. The third-order valence-electron chi connectivity index (χ3n) is 3.72. The second-order valence-corrected chi connectivity index (χ2v) is 6.20.